The van der Waals surface area contributed by atoms with Gasteiger partial charge in [-0.05, 0) is 135 Å². The number of esters is 1. The molecule has 6 nitrogen and oxygen atoms in total. The van der Waals surface area contributed by atoms with Gasteiger partial charge in [0.1, 0.15) is 5.75 Å². The minimum Gasteiger partial charge on any atom is -0.508 e. The molecule has 1 aromatic carbocycles. The Kier molecular flexibility index (Phi) is 6.50. The van der Waals surface area contributed by atoms with Crippen molar-refractivity contribution in [1.29, 1.82) is 0 Å². The fourth-order valence-corrected chi connectivity index (χ4v) is 10.9. The number of carbonyl (C=O) groups is 1. The van der Waals surface area contributed by atoms with Gasteiger partial charge in [-0.15, -0.1) is 0 Å². The van der Waals surface area contributed by atoms with E-state index in [2.05, 4.69) is 12.1 Å². The minimum atomic E-state index is -0.394. The van der Waals surface area contributed by atoms with Gasteiger partial charge in [-0.2, -0.15) is 12.6 Å². The fourth-order valence-electron chi connectivity index (χ4n) is 10.4. The van der Waals surface area contributed by atoms with E-state index < -0.39 is 5.97 Å². The number of fused-ring (bicyclic) bond motifs is 5. The highest BCUT2D eigenvalue weighted by Gasteiger charge is 2.56. The van der Waals surface area contributed by atoms with E-state index in [1.165, 1.54) is 37.7 Å². The number of ether oxygens (including phenoxy) is 1. The van der Waals surface area contributed by atoms with Crippen LogP contribution in [0, 0.1) is 40.9 Å². The van der Waals surface area contributed by atoms with Gasteiger partial charge >= 0.3 is 5.97 Å². The van der Waals surface area contributed by atoms with Crippen molar-refractivity contribution in [2.45, 2.75) is 94.3 Å². The molecule has 0 heterocycles. The molecule has 0 spiro atoms. The Morgan fingerprint density at radius 3 is 2.59 bits per heavy atom. The number of phenols is 1. The second kappa shape index (κ2) is 9.68. The van der Waals surface area contributed by atoms with Gasteiger partial charge in [-0.1, -0.05) is 18.1 Å². The van der Waals surface area contributed by atoms with Crippen LogP contribution < -0.4 is 0 Å². The number of aliphatic hydroxyl groups is 1. The summed E-state index contributed by atoms with van der Waals surface area (Å²) in [5.41, 5.74) is 2.86. The molecule has 4 bridgehead atoms. The van der Waals surface area contributed by atoms with Gasteiger partial charge in [0.25, 0.3) is 0 Å². The van der Waals surface area contributed by atoms with Crippen LogP contribution in [0.3, 0.4) is 0 Å². The van der Waals surface area contributed by atoms with Crippen molar-refractivity contribution in [2.75, 3.05) is 13.2 Å². The van der Waals surface area contributed by atoms with E-state index in [0.717, 1.165) is 61.6 Å². The maximum absolute atomic E-state index is 12.6. The fraction of sp³-hybridized carbons (Fsp3) is 0.750. The number of hydrogen-bond donors (Lipinski definition) is 3. The highest BCUT2D eigenvalue weighted by Crippen LogP contribution is 2.62. The number of hydrogen-bond acceptors (Lipinski definition) is 7. The first-order chi connectivity index (χ1) is 18.7. The average molecular weight is 554 g/mol. The Bertz CT molecular complexity index is 1140. The van der Waals surface area contributed by atoms with Crippen molar-refractivity contribution >= 4 is 24.3 Å². The van der Waals surface area contributed by atoms with Gasteiger partial charge in [0.2, 0.25) is 6.61 Å². The molecule has 212 valence electrons. The van der Waals surface area contributed by atoms with Crippen LogP contribution in [0.4, 0.5) is 0 Å². The molecule has 2 N–H and O–H groups in total. The second-order valence-electron chi connectivity index (χ2n) is 14.1. The number of oxime groups is 1. The molecule has 8 rings (SSSR count). The van der Waals surface area contributed by atoms with E-state index >= 15 is 0 Å². The Labute approximate surface area is 237 Å². The van der Waals surface area contributed by atoms with Crippen molar-refractivity contribution in [3.05, 3.63) is 29.3 Å². The highest BCUT2D eigenvalue weighted by molar-refractivity contribution is 7.81. The van der Waals surface area contributed by atoms with Gasteiger partial charge in [-0.3, -0.25) is 0 Å². The van der Waals surface area contributed by atoms with Crippen molar-refractivity contribution in [2.24, 2.45) is 46.1 Å². The van der Waals surface area contributed by atoms with Gasteiger partial charge in [0.05, 0.1) is 18.4 Å². The van der Waals surface area contributed by atoms with Crippen LogP contribution in [-0.4, -0.2) is 46.0 Å². The predicted octanol–water partition coefficient (Wildman–Crippen LogP) is 5.85. The van der Waals surface area contributed by atoms with Gasteiger partial charge in [0.15, 0.2) is 0 Å². The molecular weight excluding hydrogens is 510 g/mol. The summed E-state index contributed by atoms with van der Waals surface area (Å²) in [5.74, 6) is 4.13. The first kappa shape index (κ1) is 26.2. The van der Waals surface area contributed by atoms with Crippen LogP contribution in [0.1, 0.15) is 94.6 Å². The molecule has 0 radical (unpaired) electrons. The summed E-state index contributed by atoms with van der Waals surface area (Å²) in [6.07, 6.45) is 11.8. The number of rotatable bonds is 6. The summed E-state index contributed by atoms with van der Waals surface area (Å²) in [5, 5.41) is 25.4. The number of aromatic hydroxyl groups is 1. The normalized spacial score (nSPS) is 44.5. The monoisotopic (exact) mass is 553 g/mol. The SMILES string of the molecule is C[C@]12CC[C@@H]3c4ccc(O)cc4/C(=N/OCC(=O)OCCC4(S)C5CC6CC(C5)CC4C6)C[C@H]3[C@@H]1CC[C@@H]2O. The molecule has 6 saturated carbocycles. The quantitative estimate of drug-likeness (QED) is 0.234. The maximum Gasteiger partial charge on any atom is 0.347 e. The summed E-state index contributed by atoms with van der Waals surface area (Å²) in [6, 6.07) is 5.56. The third-order valence-electron chi connectivity index (χ3n) is 12.2. The van der Waals surface area contributed by atoms with Crippen molar-refractivity contribution in [3.8, 4) is 5.75 Å². The largest absolute Gasteiger partial charge is 0.508 e. The zero-order chi connectivity index (χ0) is 26.9. The summed E-state index contributed by atoms with van der Waals surface area (Å²) >= 11 is 5.20. The Morgan fingerprint density at radius 2 is 1.85 bits per heavy atom. The van der Waals surface area contributed by atoms with Gasteiger partial charge < -0.3 is 19.8 Å². The molecule has 0 aliphatic heterocycles. The van der Waals surface area contributed by atoms with E-state index in [4.69, 9.17) is 22.2 Å². The lowest BCUT2D eigenvalue weighted by Gasteiger charge is -2.59. The topological polar surface area (TPSA) is 88.4 Å². The Morgan fingerprint density at radius 1 is 1.10 bits per heavy atom. The minimum absolute atomic E-state index is 0.00143. The third-order valence-corrected chi connectivity index (χ3v) is 13.2. The summed E-state index contributed by atoms with van der Waals surface area (Å²) in [7, 11) is 0. The standard InChI is InChI=1S/C32H43NO5S/c1-31-7-6-24-23-3-2-22(34)15-26(23)28(16-25(24)27(31)4-5-29(31)35)33-38-17-30(36)37-9-8-32(39)20-11-18-10-19(13-20)14-21(32)12-18/h2-3,15,18-21,24-25,27,29,34-35,39H,4-14,16-17H2,1H3/b33-28+/t18?,19?,20?,21?,24-,25-,27+,29+,31+,32?/m1/s1. The number of thiol groups is 1. The summed E-state index contributed by atoms with van der Waals surface area (Å²) in [4.78, 5) is 18.2. The van der Waals surface area contributed by atoms with Crippen molar-refractivity contribution in [1.82, 2.24) is 0 Å². The number of aliphatic hydroxyl groups excluding tert-OH is 1. The van der Waals surface area contributed by atoms with Gasteiger partial charge in [-0.25, -0.2) is 4.79 Å². The lowest BCUT2D eigenvalue weighted by molar-refractivity contribution is -0.150. The smallest absolute Gasteiger partial charge is 0.347 e. The summed E-state index contributed by atoms with van der Waals surface area (Å²) in [6.45, 7) is 2.41. The van der Waals surface area contributed by atoms with E-state index in [1.807, 2.05) is 6.07 Å². The van der Waals surface area contributed by atoms with E-state index in [1.54, 1.807) is 12.1 Å². The number of nitrogens with zero attached hydrogens (tertiary/aromatic N) is 1. The molecule has 0 saturated heterocycles. The lowest BCUT2D eigenvalue weighted by atomic mass is 9.51. The number of carbonyl (C=O) groups excluding carboxylic acids is 1. The van der Waals surface area contributed by atoms with Crippen LogP contribution in [0.25, 0.3) is 0 Å². The molecular formula is C32H43NO5S. The molecule has 7 heteroatoms. The molecule has 6 fully saturated rings. The summed E-state index contributed by atoms with van der Waals surface area (Å²) < 4.78 is 5.61. The molecule has 7 aliphatic carbocycles. The zero-order valence-corrected chi connectivity index (χ0v) is 24.0. The highest BCUT2D eigenvalue weighted by atomic mass is 32.1. The molecule has 1 aromatic rings. The molecule has 0 amide bonds. The molecule has 39 heavy (non-hydrogen) atoms. The number of benzene rings is 1. The van der Waals surface area contributed by atoms with Gasteiger partial charge in [0, 0.05) is 10.3 Å². The van der Waals surface area contributed by atoms with Crippen LogP contribution in [-0.2, 0) is 14.4 Å². The molecule has 0 unspecified atom stereocenters. The maximum atomic E-state index is 12.6. The second-order valence-corrected chi connectivity index (χ2v) is 14.9. The third kappa shape index (κ3) is 4.32. The molecule has 7 aliphatic rings. The number of phenolic OH excluding ortho intramolecular Hbond substituents is 1. The first-order valence-corrected chi connectivity index (χ1v) is 15.8. The van der Waals surface area contributed by atoms with Crippen LogP contribution >= 0.6 is 12.6 Å². The Balaban J connectivity index is 0.992. The van der Waals surface area contributed by atoms with E-state index in [9.17, 15) is 15.0 Å². The van der Waals surface area contributed by atoms with E-state index in [-0.39, 0.29) is 28.6 Å². The Hall–Kier alpha value is -1.73. The van der Waals surface area contributed by atoms with Crippen molar-refractivity contribution in [3.63, 3.8) is 0 Å². The zero-order valence-electron chi connectivity index (χ0n) is 23.1. The van der Waals surface area contributed by atoms with Crippen LogP contribution in [0.15, 0.2) is 23.4 Å². The average Bonchev–Trinajstić information content (AvgIpc) is 3.21. The van der Waals surface area contributed by atoms with Crippen LogP contribution in [0.2, 0.25) is 0 Å². The van der Waals surface area contributed by atoms with Crippen LogP contribution in [0.5, 0.6) is 5.75 Å². The lowest BCUT2D eigenvalue weighted by Crippen LogP contribution is -2.55. The van der Waals surface area contributed by atoms with E-state index in [0.29, 0.717) is 36.2 Å². The first-order valence-electron chi connectivity index (χ1n) is 15.3. The predicted molar refractivity (Wildman–Crippen MR) is 152 cm³/mol. The van der Waals surface area contributed by atoms with Crippen molar-refractivity contribution < 1.29 is 24.6 Å². The molecule has 0 aromatic heterocycles. The molecule has 5 atom stereocenters.